The first kappa shape index (κ1) is 14.6. The molecule has 1 aliphatic rings. The summed E-state index contributed by atoms with van der Waals surface area (Å²) in [5, 5.41) is 16.5. The van der Waals surface area contributed by atoms with Gasteiger partial charge in [0, 0.05) is 12.1 Å². The predicted octanol–water partition coefficient (Wildman–Crippen LogP) is 1.38. The van der Waals surface area contributed by atoms with Gasteiger partial charge in [0.2, 0.25) is 0 Å². The van der Waals surface area contributed by atoms with Crippen LogP contribution in [0.2, 0.25) is 0 Å². The monoisotopic (exact) mass is 311 g/mol. The Labute approximate surface area is 122 Å². The van der Waals surface area contributed by atoms with Gasteiger partial charge in [0.05, 0.1) is 5.69 Å². The molecule has 0 spiro atoms. The summed E-state index contributed by atoms with van der Waals surface area (Å²) in [6.07, 6.45) is -2.74. The van der Waals surface area contributed by atoms with E-state index in [4.69, 9.17) is 0 Å². The standard InChI is InChI=1S/C13H12F3N5O/c14-13(15,16)9-6-19-11-8(5-17)10(20-21(11)12(9)22)7-1-3-18-4-2-7/h6-7,18-19H,1-4H2. The van der Waals surface area contributed by atoms with E-state index in [9.17, 15) is 23.2 Å². The number of H-pyrrole nitrogens is 1. The van der Waals surface area contributed by atoms with E-state index in [1.54, 1.807) is 0 Å². The van der Waals surface area contributed by atoms with E-state index in [0.717, 1.165) is 25.9 Å². The maximum absolute atomic E-state index is 12.8. The number of hydrogen-bond donors (Lipinski definition) is 2. The average molecular weight is 311 g/mol. The number of nitrogens with zero attached hydrogens (tertiary/aromatic N) is 3. The second-order valence-electron chi connectivity index (χ2n) is 5.16. The molecule has 2 aromatic heterocycles. The van der Waals surface area contributed by atoms with Gasteiger partial charge in [0.25, 0.3) is 5.56 Å². The van der Waals surface area contributed by atoms with E-state index < -0.39 is 17.3 Å². The number of rotatable bonds is 1. The Morgan fingerprint density at radius 1 is 1.36 bits per heavy atom. The molecular formula is C13H12F3N5O. The van der Waals surface area contributed by atoms with Gasteiger partial charge in [-0.25, -0.2) is 0 Å². The molecule has 0 aliphatic carbocycles. The average Bonchev–Trinajstić information content (AvgIpc) is 2.86. The zero-order valence-corrected chi connectivity index (χ0v) is 11.4. The molecule has 6 nitrogen and oxygen atoms in total. The molecular weight excluding hydrogens is 299 g/mol. The Hall–Kier alpha value is -2.34. The fraction of sp³-hybridized carbons (Fsp3) is 0.462. The Balaban J connectivity index is 2.21. The zero-order valence-electron chi connectivity index (χ0n) is 11.4. The second kappa shape index (κ2) is 5.14. The van der Waals surface area contributed by atoms with Crippen LogP contribution in [0.15, 0.2) is 11.0 Å². The van der Waals surface area contributed by atoms with Gasteiger partial charge in [-0.05, 0) is 25.9 Å². The number of fused-ring (bicyclic) bond motifs is 1. The molecule has 0 atom stereocenters. The van der Waals surface area contributed by atoms with Crippen LogP contribution in [-0.4, -0.2) is 27.7 Å². The molecule has 1 saturated heterocycles. The van der Waals surface area contributed by atoms with Crippen molar-refractivity contribution in [2.24, 2.45) is 0 Å². The molecule has 0 amide bonds. The lowest BCUT2D eigenvalue weighted by Crippen LogP contribution is -2.27. The van der Waals surface area contributed by atoms with Gasteiger partial charge in [-0.15, -0.1) is 0 Å². The van der Waals surface area contributed by atoms with Crippen molar-refractivity contribution in [3.63, 3.8) is 0 Å². The van der Waals surface area contributed by atoms with Crippen LogP contribution < -0.4 is 10.9 Å². The third kappa shape index (κ3) is 2.25. The molecule has 2 N–H and O–H groups in total. The van der Waals surface area contributed by atoms with Gasteiger partial charge < -0.3 is 10.3 Å². The number of nitriles is 1. The summed E-state index contributed by atoms with van der Waals surface area (Å²) in [5.74, 6) is -0.0436. The van der Waals surface area contributed by atoms with E-state index in [1.165, 1.54) is 0 Å². The van der Waals surface area contributed by atoms with Crippen molar-refractivity contribution >= 4 is 5.65 Å². The van der Waals surface area contributed by atoms with Crippen LogP contribution in [0, 0.1) is 11.3 Å². The van der Waals surface area contributed by atoms with Crippen molar-refractivity contribution in [2.45, 2.75) is 24.9 Å². The molecule has 0 aromatic carbocycles. The van der Waals surface area contributed by atoms with E-state index >= 15 is 0 Å². The minimum atomic E-state index is -4.77. The van der Waals surface area contributed by atoms with Gasteiger partial charge in [0.1, 0.15) is 17.2 Å². The Morgan fingerprint density at radius 3 is 2.64 bits per heavy atom. The number of piperidine rings is 1. The van der Waals surface area contributed by atoms with Crippen LogP contribution in [-0.2, 0) is 6.18 Å². The zero-order chi connectivity index (χ0) is 15.9. The number of nitrogens with one attached hydrogen (secondary N) is 2. The van der Waals surface area contributed by atoms with Crippen molar-refractivity contribution in [1.82, 2.24) is 19.9 Å². The second-order valence-corrected chi connectivity index (χ2v) is 5.16. The summed E-state index contributed by atoms with van der Waals surface area (Å²) >= 11 is 0. The van der Waals surface area contributed by atoms with Crippen molar-refractivity contribution in [3.8, 4) is 6.07 Å². The summed E-state index contributed by atoms with van der Waals surface area (Å²) in [5.41, 5.74) is -2.06. The van der Waals surface area contributed by atoms with Crippen molar-refractivity contribution in [1.29, 1.82) is 5.26 Å². The highest BCUT2D eigenvalue weighted by Gasteiger charge is 2.36. The van der Waals surface area contributed by atoms with Gasteiger partial charge in [-0.1, -0.05) is 0 Å². The summed E-state index contributed by atoms with van der Waals surface area (Å²) < 4.78 is 39.0. The van der Waals surface area contributed by atoms with Gasteiger partial charge >= 0.3 is 6.18 Å². The molecule has 116 valence electrons. The molecule has 1 aliphatic heterocycles. The highest BCUT2D eigenvalue weighted by Crippen LogP contribution is 2.29. The lowest BCUT2D eigenvalue weighted by molar-refractivity contribution is -0.139. The first-order valence-corrected chi connectivity index (χ1v) is 6.76. The smallest absolute Gasteiger partial charge is 0.345 e. The molecule has 2 aromatic rings. The minimum absolute atomic E-state index is 0.00836. The first-order valence-electron chi connectivity index (χ1n) is 6.76. The highest BCUT2D eigenvalue weighted by molar-refractivity contribution is 5.58. The van der Waals surface area contributed by atoms with Gasteiger partial charge in [-0.3, -0.25) is 4.79 Å². The van der Waals surface area contributed by atoms with Crippen LogP contribution in [0.3, 0.4) is 0 Å². The Morgan fingerprint density at radius 2 is 2.05 bits per heavy atom. The topological polar surface area (TPSA) is 86.0 Å². The maximum atomic E-state index is 12.8. The molecule has 1 fully saturated rings. The van der Waals surface area contributed by atoms with E-state index in [1.807, 2.05) is 6.07 Å². The predicted molar refractivity (Wildman–Crippen MR) is 70.4 cm³/mol. The number of aromatic nitrogens is 3. The van der Waals surface area contributed by atoms with Crippen molar-refractivity contribution in [2.75, 3.05) is 13.1 Å². The molecule has 0 bridgehead atoms. The third-order valence-corrected chi connectivity index (χ3v) is 3.83. The van der Waals surface area contributed by atoms with Gasteiger partial charge in [0.15, 0.2) is 5.65 Å². The van der Waals surface area contributed by atoms with Crippen molar-refractivity contribution in [3.05, 3.63) is 33.4 Å². The van der Waals surface area contributed by atoms with Crippen LogP contribution in [0.5, 0.6) is 0 Å². The maximum Gasteiger partial charge on any atom is 0.423 e. The van der Waals surface area contributed by atoms with Crippen LogP contribution in [0.1, 0.15) is 35.6 Å². The van der Waals surface area contributed by atoms with Crippen molar-refractivity contribution < 1.29 is 13.2 Å². The summed E-state index contributed by atoms with van der Waals surface area (Å²) in [4.78, 5) is 14.4. The summed E-state index contributed by atoms with van der Waals surface area (Å²) in [6.45, 7) is 1.48. The molecule has 3 heterocycles. The summed E-state index contributed by atoms with van der Waals surface area (Å²) in [7, 11) is 0. The lowest BCUT2D eigenvalue weighted by atomic mass is 9.92. The number of hydrogen-bond acceptors (Lipinski definition) is 4. The molecule has 0 saturated carbocycles. The number of halogens is 3. The number of aromatic amines is 1. The largest absolute Gasteiger partial charge is 0.423 e. The molecule has 9 heteroatoms. The van der Waals surface area contributed by atoms with Crippen LogP contribution in [0.4, 0.5) is 13.2 Å². The van der Waals surface area contributed by atoms with E-state index in [0.29, 0.717) is 16.4 Å². The normalized spacial score (nSPS) is 16.8. The van der Waals surface area contributed by atoms with Gasteiger partial charge in [-0.2, -0.15) is 28.0 Å². The molecule has 22 heavy (non-hydrogen) atoms. The Kier molecular flexibility index (Phi) is 3.41. The van der Waals surface area contributed by atoms with E-state index in [2.05, 4.69) is 15.4 Å². The quantitative estimate of drug-likeness (QED) is 0.833. The fourth-order valence-electron chi connectivity index (χ4n) is 2.73. The highest BCUT2D eigenvalue weighted by atomic mass is 19.4. The first-order chi connectivity index (χ1) is 10.4. The fourth-order valence-corrected chi connectivity index (χ4v) is 2.73. The Bertz CT molecular complexity index is 808. The third-order valence-electron chi connectivity index (χ3n) is 3.83. The number of alkyl halides is 3. The summed E-state index contributed by atoms with van der Waals surface area (Å²) in [6, 6.07) is 1.95. The molecule has 0 radical (unpaired) electrons. The van der Waals surface area contributed by atoms with Crippen LogP contribution >= 0.6 is 0 Å². The lowest BCUT2D eigenvalue weighted by Gasteiger charge is -2.20. The van der Waals surface area contributed by atoms with Crippen LogP contribution in [0.25, 0.3) is 5.65 Å². The molecule has 3 rings (SSSR count). The SMILES string of the molecule is N#Cc1c(C2CCNCC2)nn2c(=O)c(C(F)(F)F)c[nH]c12. The molecule has 0 unspecified atom stereocenters. The minimum Gasteiger partial charge on any atom is -0.345 e. The van der Waals surface area contributed by atoms with E-state index in [-0.39, 0.29) is 17.1 Å².